The van der Waals surface area contributed by atoms with Gasteiger partial charge in [0.05, 0.1) is 7.11 Å². The van der Waals surface area contributed by atoms with Crippen LogP contribution in [0.4, 0.5) is 10.1 Å². The molecule has 2 aromatic rings. The quantitative estimate of drug-likeness (QED) is 0.893. The normalized spacial score (nSPS) is 10.0. The van der Waals surface area contributed by atoms with E-state index in [4.69, 9.17) is 4.74 Å². The van der Waals surface area contributed by atoms with Gasteiger partial charge in [0.15, 0.2) is 11.6 Å². The van der Waals surface area contributed by atoms with E-state index in [1.165, 1.54) is 37.4 Å². The minimum absolute atomic E-state index is 0.00596. The summed E-state index contributed by atoms with van der Waals surface area (Å²) >= 11 is 0. The van der Waals surface area contributed by atoms with E-state index < -0.39 is 11.7 Å². The molecule has 5 heteroatoms. The first-order valence-corrected chi connectivity index (χ1v) is 5.54. The topological polar surface area (TPSA) is 58.6 Å². The first kappa shape index (κ1) is 12.9. The van der Waals surface area contributed by atoms with Crippen molar-refractivity contribution in [1.29, 1.82) is 0 Å². The van der Waals surface area contributed by atoms with Crippen LogP contribution in [0.5, 0.6) is 11.5 Å². The standard InChI is InChI=1S/C14H12FNO3/c1-19-13-6-5-10(8-12(13)15)16-14(18)9-3-2-4-11(17)7-9/h2-8,17H,1H3,(H,16,18). The number of nitrogens with one attached hydrogen (secondary N) is 1. The van der Waals surface area contributed by atoms with Gasteiger partial charge in [0, 0.05) is 17.3 Å². The molecule has 0 radical (unpaired) electrons. The van der Waals surface area contributed by atoms with E-state index in [0.717, 1.165) is 0 Å². The minimum Gasteiger partial charge on any atom is -0.508 e. The van der Waals surface area contributed by atoms with Crippen molar-refractivity contribution >= 4 is 11.6 Å². The zero-order chi connectivity index (χ0) is 13.8. The molecule has 0 heterocycles. The van der Waals surface area contributed by atoms with Crippen LogP contribution in [0.2, 0.25) is 0 Å². The number of halogens is 1. The Bertz CT molecular complexity index is 613. The van der Waals surface area contributed by atoms with Gasteiger partial charge in [-0.25, -0.2) is 4.39 Å². The number of benzene rings is 2. The molecule has 0 fully saturated rings. The van der Waals surface area contributed by atoms with E-state index >= 15 is 0 Å². The number of phenolic OH excluding ortho intramolecular Hbond substituents is 1. The lowest BCUT2D eigenvalue weighted by molar-refractivity contribution is 0.102. The Balaban J connectivity index is 2.17. The van der Waals surface area contributed by atoms with Gasteiger partial charge in [-0.15, -0.1) is 0 Å². The second-order valence-corrected chi connectivity index (χ2v) is 3.85. The maximum Gasteiger partial charge on any atom is 0.255 e. The molecular formula is C14H12FNO3. The van der Waals surface area contributed by atoms with Crippen molar-refractivity contribution in [3.05, 3.63) is 53.8 Å². The Morgan fingerprint density at radius 1 is 1.26 bits per heavy atom. The summed E-state index contributed by atoms with van der Waals surface area (Å²) in [5.74, 6) is -0.888. The van der Waals surface area contributed by atoms with Crippen molar-refractivity contribution in [1.82, 2.24) is 0 Å². The zero-order valence-electron chi connectivity index (χ0n) is 10.2. The number of methoxy groups -OCH3 is 1. The lowest BCUT2D eigenvalue weighted by Crippen LogP contribution is -2.11. The van der Waals surface area contributed by atoms with Crippen molar-refractivity contribution < 1.29 is 19.0 Å². The van der Waals surface area contributed by atoms with Gasteiger partial charge in [-0.05, 0) is 30.3 Å². The second kappa shape index (κ2) is 5.39. The molecule has 0 saturated carbocycles. The molecule has 98 valence electrons. The number of ether oxygens (including phenoxy) is 1. The van der Waals surface area contributed by atoms with Gasteiger partial charge in [0.2, 0.25) is 0 Å². The molecule has 0 unspecified atom stereocenters. The summed E-state index contributed by atoms with van der Waals surface area (Å²) in [6, 6.07) is 10.0. The summed E-state index contributed by atoms with van der Waals surface area (Å²) in [7, 11) is 1.36. The molecule has 0 saturated heterocycles. The van der Waals surface area contributed by atoms with Crippen LogP contribution in [-0.4, -0.2) is 18.1 Å². The summed E-state index contributed by atoms with van der Waals surface area (Å²) in [5, 5.41) is 11.8. The highest BCUT2D eigenvalue weighted by molar-refractivity contribution is 6.04. The van der Waals surface area contributed by atoms with Crippen LogP contribution < -0.4 is 10.1 Å². The molecular weight excluding hydrogens is 249 g/mol. The second-order valence-electron chi connectivity index (χ2n) is 3.85. The molecule has 0 aliphatic heterocycles. The van der Waals surface area contributed by atoms with Gasteiger partial charge in [0.1, 0.15) is 5.75 Å². The predicted molar refractivity (Wildman–Crippen MR) is 69.0 cm³/mol. The number of amides is 1. The number of aromatic hydroxyl groups is 1. The Labute approximate surface area is 109 Å². The third kappa shape index (κ3) is 3.01. The lowest BCUT2D eigenvalue weighted by atomic mass is 10.2. The van der Waals surface area contributed by atoms with Gasteiger partial charge < -0.3 is 15.2 Å². The highest BCUT2D eigenvalue weighted by atomic mass is 19.1. The summed E-state index contributed by atoms with van der Waals surface area (Å²) in [4.78, 5) is 11.9. The molecule has 0 aliphatic rings. The molecule has 0 aliphatic carbocycles. The largest absolute Gasteiger partial charge is 0.508 e. The van der Waals surface area contributed by atoms with Crippen molar-refractivity contribution in [2.24, 2.45) is 0 Å². The summed E-state index contributed by atoms with van der Waals surface area (Å²) in [6.45, 7) is 0. The average Bonchev–Trinajstić information content (AvgIpc) is 2.39. The number of hydrogen-bond acceptors (Lipinski definition) is 3. The van der Waals surface area contributed by atoms with Crippen LogP contribution >= 0.6 is 0 Å². The third-order valence-electron chi connectivity index (χ3n) is 2.52. The van der Waals surface area contributed by atoms with Crippen molar-refractivity contribution in [2.45, 2.75) is 0 Å². The highest BCUT2D eigenvalue weighted by Gasteiger charge is 2.09. The maximum atomic E-state index is 13.5. The van der Waals surface area contributed by atoms with Crippen molar-refractivity contribution in [3.63, 3.8) is 0 Å². The van der Waals surface area contributed by atoms with Crippen LogP contribution in [0.15, 0.2) is 42.5 Å². The Kier molecular flexibility index (Phi) is 3.66. The number of carbonyl (C=O) groups is 1. The molecule has 1 amide bonds. The molecule has 2 rings (SSSR count). The first-order valence-electron chi connectivity index (χ1n) is 5.54. The first-order chi connectivity index (χ1) is 9.10. The van der Waals surface area contributed by atoms with Gasteiger partial charge in [-0.3, -0.25) is 4.79 Å². The summed E-state index contributed by atoms with van der Waals surface area (Å²) in [5.41, 5.74) is 0.600. The number of rotatable bonds is 3. The van der Waals surface area contributed by atoms with E-state index in [2.05, 4.69) is 5.32 Å². The summed E-state index contributed by atoms with van der Waals surface area (Å²) in [6.07, 6.45) is 0. The predicted octanol–water partition coefficient (Wildman–Crippen LogP) is 2.79. The van der Waals surface area contributed by atoms with Crippen LogP contribution in [0.3, 0.4) is 0 Å². The number of carbonyl (C=O) groups excluding carboxylic acids is 1. The fourth-order valence-corrected chi connectivity index (χ4v) is 1.59. The van der Waals surface area contributed by atoms with E-state index in [0.29, 0.717) is 5.69 Å². The average molecular weight is 261 g/mol. The van der Waals surface area contributed by atoms with Crippen molar-refractivity contribution in [2.75, 3.05) is 12.4 Å². The Morgan fingerprint density at radius 2 is 2.05 bits per heavy atom. The zero-order valence-corrected chi connectivity index (χ0v) is 10.2. The van der Waals surface area contributed by atoms with E-state index in [9.17, 15) is 14.3 Å². The molecule has 0 aromatic heterocycles. The van der Waals surface area contributed by atoms with E-state index in [-0.39, 0.29) is 17.1 Å². The molecule has 2 aromatic carbocycles. The molecule has 0 bridgehead atoms. The third-order valence-corrected chi connectivity index (χ3v) is 2.52. The minimum atomic E-state index is -0.559. The number of hydrogen-bond donors (Lipinski definition) is 2. The van der Waals surface area contributed by atoms with Crippen molar-refractivity contribution in [3.8, 4) is 11.5 Å². The maximum absolute atomic E-state index is 13.5. The van der Waals surface area contributed by atoms with Gasteiger partial charge in [0.25, 0.3) is 5.91 Å². The molecule has 2 N–H and O–H groups in total. The van der Waals surface area contributed by atoms with E-state index in [1.807, 2.05) is 0 Å². The Morgan fingerprint density at radius 3 is 2.68 bits per heavy atom. The molecule has 0 spiro atoms. The monoisotopic (exact) mass is 261 g/mol. The number of anilines is 1. The summed E-state index contributed by atoms with van der Waals surface area (Å²) < 4.78 is 18.2. The highest BCUT2D eigenvalue weighted by Crippen LogP contribution is 2.21. The van der Waals surface area contributed by atoms with E-state index in [1.54, 1.807) is 12.1 Å². The SMILES string of the molecule is COc1ccc(NC(=O)c2cccc(O)c2)cc1F. The van der Waals surface area contributed by atoms with Crippen LogP contribution in [0, 0.1) is 5.82 Å². The fourth-order valence-electron chi connectivity index (χ4n) is 1.59. The van der Waals surface area contributed by atoms with Crippen LogP contribution in [0.1, 0.15) is 10.4 Å². The van der Waals surface area contributed by atoms with Crippen LogP contribution in [-0.2, 0) is 0 Å². The molecule has 19 heavy (non-hydrogen) atoms. The Hall–Kier alpha value is -2.56. The number of phenols is 1. The smallest absolute Gasteiger partial charge is 0.255 e. The molecule has 0 atom stereocenters. The van der Waals surface area contributed by atoms with Crippen LogP contribution in [0.25, 0.3) is 0 Å². The lowest BCUT2D eigenvalue weighted by Gasteiger charge is -2.07. The van der Waals surface area contributed by atoms with Gasteiger partial charge in [-0.1, -0.05) is 6.07 Å². The van der Waals surface area contributed by atoms with Gasteiger partial charge in [-0.2, -0.15) is 0 Å². The van der Waals surface area contributed by atoms with Gasteiger partial charge >= 0.3 is 0 Å². The fraction of sp³-hybridized carbons (Fsp3) is 0.0714. The molecule has 4 nitrogen and oxygen atoms in total.